The standard InChI is InChI=1S/C14H19ClO3/c1-3-17-13-10-11(6-5-9-15)7-8-12(13)14(16)18-4-2/h7-8,10H,3-6,9H2,1-2H3. The largest absolute Gasteiger partial charge is 0.493 e. The van der Waals surface area contributed by atoms with Gasteiger partial charge in [0.15, 0.2) is 0 Å². The molecule has 3 nitrogen and oxygen atoms in total. The minimum Gasteiger partial charge on any atom is -0.493 e. The smallest absolute Gasteiger partial charge is 0.341 e. The first-order valence-electron chi connectivity index (χ1n) is 6.21. The Balaban J connectivity index is 2.92. The molecule has 18 heavy (non-hydrogen) atoms. The number of esters is 1. The monoisotopic (exact) mass is 270 g/mol. The van der Waals surface area contributed by atoms with Crippen molar-refractivity contribution < 1.29 is 14.3 Å². The molecule has 0 spiro atoms. The summed E-state index contributed by atoms with van der Waals surface area (Å²) in [5, 5.41) is 0. The number of carbonyl (C=O) groups excluding carboxylic acids is 1. The van der Waals surface area contributed by atoms with Crippen LogP contribution in [0.2, 0.25) is 0 Å². The summed E-state index contributed by atoms with van der Waals surface area (Å²) in [6.45, 7) is 4.55. The van der Waals surface area contributed by atoms with E-state index in [1.807, 2.05) is 19.1 Å². The van der Waals surface area contributed by atoms with Gasteiger partial charge in [-0.25, -0.2) is 4.79 Å². The molecule has 0 aliphatic carbocycles. The Morgan fingerprint density at radius 3 is 2.67 bits per heavy atom. The van der Waals surface area contributed by atoms with E-state index in [-0.39, 0.29) is 5.97 Å². The molecule has 0 aliphatic heterocycles. The zero-order chi connectivity index (χ0) is 13.4. The molecule has 0 radical (unpaired) electrons. The molecular weight excluding hydrogens is 252 g/mol. The summed E-state index contributed by atoms with van der Waals surface area (Å²) >= 11 is 5.67. The van der Waals surface area contributed by atoms with E-state index >= 15 is 0 Å². The second-order valence-electron chi connectivity index (χ2n) is 3.78. The van der Waals surface area contributed by atoms with E-state index in [9.17, 15) is 4.79 Å². The highest BCUT2D eigenvalue weighted by Gasteiger charge is 2.14. The van der Waals surface area contributed by atoms with Gasteiger partial charge in [-0.15, -0.1) is 11.6 Å². The molecule has 0 fully saturated rings. The van der Waals surface area contributed by atoms with E-state index in [4.69, 9.17) is 21.1 Å². The minimum absolute atomic E-state index is 0.343. The Morgan fingerprint density at radius 2 is 2.06 bits per heavy atom. The Bertz CT molecular complexity index is 391. The predicted octanol–water partition coefficient (Wildman–Crippen LogP) is 3.43. The second-order valence-corrected chi connectivity index (χ2v) is 4.15. The number of rotatable bonds is 7. The maximum Gasteiger partial charge on any atom is 0.341 e. The molecule has 4 heteroatoms. The normalized spacial score (nSPS) is 10.2. The summed E-state index contributed by atoms with van der Waals surface area (Å²) in [6, 6.07) is 5.57. The molecule has 0 unspecified atom stereocenters. The van der Waals surface area contributed by atoms with Gasteiger partial charge in [0.25, 0.3) is 0 Å². The first-order chi connectivity index (χ1) is 8.72. The molecule has 0 heterocycles. The Morgan fingerprint density at radius 1 is 1.28 bits per heavy atom. The number of aryl methyl sites for hydroxylation is 1. The molecule has 1 aromatic carbocycles. The quantitative estimate of drug-likeness (QED) is 0.562. The molecule has 0 N–H and O–H groups in total. The lowest BCUT2D eigenvalue weighted by Gasteiger charge is -2.11. The molecule has 1 aromatic rings. The van der Waals surface area contributed by atoms with Crippen LogP contribution < -0.4 is 4.74 Å². The van der Waals surface area contributed by atoms with Gasteiger partial charge in [0, 0.05) is 5.88 Å². The zero-order valence-electron chi connectivity index (χ0n) is 10.9. The Kier molecular flexibility index (Phi) is 6.58. The van der Waals surface area contributed by atoms with E-state index in [0.29, 0.717) is 30.4 Å². The van der Waals surface area contributed by atoms with E-state index in [2.05, 4.69) is 0 Å². The van der Waals surface area contributed by atoms with Crippen molar-refractivity contribution in [3.63, 3.8) is 0 Å². The van der Waals surface area contributed by atoms with Crippen molar-refractivity contribution in [3.8, 4) is 5.75 Å². The van der Waals surface area contributed by atoms with Crippen LogP contribution in [-0.4, -0.2) is 25.1 Å². The predicted molar refractivity (Wildman–Crippen MR) is 72.6 cm³/mol. The maximum atomic E-state index is 11.7. The van der Waals surface area contributed by atoms with Gasteiger partial charge in [-0.2, -0.15) is 0 Å². The van der Waals surface area contributed by atoms with Gasteiger partial charge in [-0.1, -0.05) is 6.07 Å². The van der Waals surface area contributed by atoms with E-state index in [0.717, 1.165) is 18.4 Å². The lowest BCUT2D eigenvalue weighted by Crippen LogP contribution is -2.08. The molecular formula is C14H19ClO3. The Hall–Kier alpha value is -1.22. The van der Waals surface area contributed by atoms with Crippen molar-refractivity contribution in [2.75, 3.05) is 19.1 Å². The van der Waals surface area contributed by atoms with Crippen molar-refractivity contribution in [2.45, 2.75) is 26.7 Å². The summed E-state index contributed by atoms with van der Waals surface area (Å²) in [5.41, 5.74) is 1.60. The summed E-state index contributed by atoms with van der Waals surface area (Å²) in [7, 11) is 0. The third-order valence-electron chi connectivity index (χ3n) is 2.44. The number of halogens is 1. The lowest BCUT2D eigenvalue weighted by molar-refractivity contribution is 0.0522. The highest BCUT2D eigenvalue weighted by Crippen LogP contribution is 2.22. The average molecular weight is 271 g/mol. The van der Waals surface area contributed by atoms with E-state index in [1.165, 1.54) is 0 Å². The zero-order valence-corrected chi connectivity index (χ0v) is 11.6. The number of carbonyl (C=O) groups is 1. The van der Waals surface area contributed by atoms with Gasteiger partial charge in [-0.05, 0) is 44.4 Å². The van der Waals surface area contributed by atoms with Crippen LogP contribution in [0.3, 0.4) is 0 Å². The minimum atomic E-state index is -0.343. The van der Waals surface area contributed by atoms with Gasteiger partial charge >= 0.3 is 5.97 Å². The van der Waals surface area contributed by atoms with Crippen LogP contribution in [0.5, 0.6) is 5.75 Å². The fraction of sp³-hybridized carbons (Fsp3) is 0.500. The SMILES string of the molecule is CCOC(=O)c1ccc(CCCCl)cc1OCC. The highest BCUT2D eigenvalue weighted by molar-refractivity contribution is 6.17. The fourth-order valence-electron chi connectivity index (χ4n) is 1.65. The van der Waals surface area contributed by atoms with Gasteiger partial charge < -0.3 is 9.47 Å². The molecule has 0 saturated carbocycles. The summed E-state index contributed by atoms with van der Waals surface area (Å²) < 4.78 is 10.5. The van der Waals surface area contributed by atoms with Gasteiger partial charge in [-0.3, -0.25) is 0 Å². The maximum absolute atomic E-state index is 11.7. The topological polar surface area (TPSA) is 35.5 Å². The second kappa shape index (κ2) is 7.98. The number of benzene rings is 1. The molecule has 0 aliphatic rings. The van der Waals surface area contributed by atoms with Crippen molar-refractivity contribution in [1.82, 2.24) is 0 Å². The van der Waals surface area contributed by atoms with Crippen molar-refractivity contribution in [3.05, 3.63) is 29.3 Å². The molecule has 0 amide bonds. The fourth-order valence-corrected chi connectivity index (χ4v) is 1.78. The van der Waals surface area contributed by atoms with Crippen LogP contribution in [-0.2, 0) is 11.2 Å². The summed E-state index contributed by atoms with van der Waals surface area (Å²) in [6.07, 6.45) is 1.79. The molecule has 100 valence electrons. The highest BCUT2D eigenvalue weighted by atomic mass is 35.5. The van der Waals surface area contributed by atoms with Gasteiger partial charge in [0.2, 0.25) is 0 Å². The van der Waals surface area contributed by atoms with Crippen LogP contribution in [0.15, 0.2) is 18.2 Å². The lowest BCUT2D eigenvalue weighted by atomic mass is 10.1. The van der Waals surface area contributed by atoms with Crippen molar-refractivity contribution in [2.24, 2.45) is 0 Å². The number of hydrogen-bond acceptors (Lipinski definition) is 3. The molecule has 0 aromatic heterocycles. The van der Waals surface area contributed by atoms with Crippen LogP contribution in [0.1, 0.15) is 36.2 Å². The first kappa shape index (κ1) is 14.8. The van der Waals surface area contributed by atoms with Crippen LogP contribution >= 0.6 is 11.6 Å². The molecule has 1 rings (SSSR count). The molecule has 0 saturated heterocycles. The van der Waals surface area contributed by atoms with Crippen molar-refractivity contribution in [1.29, 1.82) is 0 Å². The van der Waals surface area contributed by atoms with E-state index in [1.54, 1.807) is 13.0 Å². The van der Waals surface area contributed by atoms with Gasteiger partial charge in [0.1, 0.15) is 11.3 Å². The summed E-state index contributed by atoms with van der Waals surface area (Å²) in [5.74, 6) is 0.872. The third kappa shape index (κ3) is 4.22. The molecule has 0 atom stereocenters. The number of alkyl halides is 1. The average Bonchev–Trinajstić information content (AvgIpc) is 2.37. The van der Waals surface area contributed by atoms with Gasteiger partial charge in [0.05, 0.1) is 13.2 Å². The number of ether oxygens (including phenoxy) is 2. The van der Waals surface area contributed by atoms with Crippen LogP contribution in [0.4, 0.5) is 0 Å². The van der Waals surface area contributed by atoms with Crippen LogP contribution in [0, 0.1) is 0 Å². The van der Waals surface area contributed by atoms with E-state index < -0.39 is 0 Å². The Labute approximate surface area is 113 Å². The first-order valence-corrected chi connectivity index (χ1v) is 6.75. The van der Waals surface area contributed by atoms with Crippen LogP contribution in [0.25, 0.3) is 0 Å². The third-order valence-corrected chi connectivity index (χ3v) is 2.71. The number of hydrogen-bond donors (Lipinski definition) is 0. The summed E-state index contributed by atoms with van der Waals surface area (Å²) in [4.78, 5) is 11.7. The van der Waals surface area contributed by atoms with Crippen molar-refractivity contribution >= 4 is 17.6 Å². The molecule has 0 bridgehead atoms.